The highest BCUT2D eigenvalue weighted by Gasteiger charge is 2.23. The normalized spacial score (nSPS) is 18.0. The molecular weight excluding hydrogens is 172 g/mol. The molecule has 1 aromatic rings. The summed E-state index contributed by atoms with van der Waals surface area (Å²) in [6.45, 7) is 0. The predicted molar refractivity (Wildman–Crippen MR) is 55.9 cm³/mol. The van der Waals surface area contributed by atoms with Crippen LogP contribution in [-0.2, 0) is 25.7 Å². The highest BCUT2D eigenvalue weighted by Crippen LogP contribution is 2.33. The van der Waals surface area contributed by atoms with E-state index in [0.717, 1.165) is 24.7 Å². The second-order valence-electron chi connectivity index (χ2n) is 4.39. The summed E-state index contributed by atoms with van der Waals surface area (Å²) in [7, 11) is 0. The zero-order chi connectivity index (χ0) is 9.54. The fourth-order valence-corrected chi connectivity index (χ4v) is 3.00. The van der Waals surface area contributed by atoms with E-state index in [1.54, 1.807) is 0 Å². The van der Waals surface area contributed by atoms with Crippen LogP contribution in [0.2, 0.25) is 0 Å². The molecule has 2 aliphatic carbocycles. The number of aryl methyl sites for hydroxylation is 2. The van der Waals surface area contributed by atoms with Crippen LogP contribution in [0.5, 0.6) is 0 Å². The summed E-state index contributed by atoms with van der Waals surface area (Å²) >= 11 is 0. The van der Waals surface area contributed by atoms with E-state index in [1.165, 1.54) is 47.9 Å². The lowest BCUT2D eigenvalue weighted by Gasteiger charge is -2.09. The van der Waals surface area contributed by atoms with Gasteiger partial charge in [0.15, 0.2) is 6.29 Å². The monoisotopic (exact) mass is 186 g/mol. The Morgan fingerprint density at radius 2 is 1.50 bits per heavy atom. The fraction of sp³-hybridized carbons (Fsp3) is 0.462. The van der Waals surface area contributed by atoms with Crippen molar-refractivity contribution in [2.45, 2.75) is 38.5 Å². The van der Waals surface area contributed by atoms with E-state index in [4.69, 9.17) is 0 Å². The molecule has 0 fully saturated rings. The number of rotatable bonds is 1. The zero-order valence-corrected chi connectivity index (χ0v) is 8.31. The quantitative estimate of drug-likeness (QED) is 0.616. The Balaban J connectivity index is 2.29. The number of aldehydes is 1. The molecular formula is C13H14O. The van der Waals surface area contributed by atoms with Gasteiger partial charge in [0, 0.05) is 5.56 Å². The second-order valence-corrected chi connectivity index (χ2v) is 4.39. The summed E-state index contributed by atoms with van der Waals surface area (Å²) in [5, 5.41) is 0. The molecule has 0 unspecified atom stereocenters. The minimum absolute atomic E-state index is 1.05. The first-order valence-corrected chi connectivity index (χ1v) is 5.52. The van der Waals surface area contributed by atoms with Crippen LogP contribution in [0.1, 0.15) is 45.5 Å². The molecule has 0 N–H and O–H groups in total. The molecule has 3 rings (SSSR count). The molecule has 0 spiro atoms. The summed E-state index contributed by atoms with van der Waals surface area (Å²) in [5.41, 5.74) is 6.68. The van der Waals surface area contributed by atoms with Crippen LogP contribution < -0.4 is 0 Å². The average Bonchev–Trinajstić information content (AvgIpc) is 2.80. The number of carbonyl (C=O) groups is 1. The van der Waals surface area contributed by atoms with Gasteiger partial charge >= 0.3 is 0 Å². The first-order valence-electron chi connectivity index (χ1n) is 5.52. The lowest BCUT2D eigenvalue weighted by atomic mass is 9.95. The Bertz CT molecular complexity index is 372. The third kappa shape index (κ3) is 0.985. The lowest BCUT2D eigenvalue weighted by Crippen LogP contribution is -1.99. The molecule has 0 saturated carbocycles. The maximum absolute atomic E-state index is 11.1. The molecule has 0 bridgehead atoms. The van der Waals surface area contributed by atoms with Crippen LogP contribution in [0, 0.1) is 0 Å². The van der Waals surface area contributed by atoms with Gasteiger partial charge in [-0.2, -0.15) is 0 Å². The average molecular weight is 186 g/mol. The summed E-state index contributed by atoms with van der Waals surface area (Å²) in [5.74, 6) is 0. The van der Waals surface area contributed by atoms with Crippen LogP contribution in [0.25, 0.3) is 0 Å². The molecule has 0 radical (unpaired) electrons. The molecule has 1 aromatic carbocycles. The number of hydrogen-bond donors (Lipinski definition) is 0. The highest BCUT2D eigenvalue weighted by atomic mass is 16.1. The van der Waals surface area contributed by atoms with E-state index < -0.39 is 0 Å². The molecule has 0 atom stereocenters. The maximum Gasteiger partial charge on any atom is 0.150 e. The van der Waals surface area contributed by atoms with Gasteiger partial charge in [-0.1, -0.05) is 6.07 Å². The van der Waals surface area contributed by atoms with Gasteiger partial charge in [0.25, 0.3) is 0 Å². The molecule has 2 aliphatic rings. The van der Waals surface area contributed by atoms with Crippen molar-refractivity contribution >= 4 is 6.29 Å². The largest absolute Gasteiger partial charge is 0.298 e. The van der Waals surface area contributed by atoms with Crippen molar-refractivity contribution < 1.29 is 4.79 Å². The molecule has 1 nitrogen and oxygen atoms in total. The van der Waals surface area contributed by atoms with Crippen LogP contribution in [0.3, 0.4) is 0 Å². The minimum Gasteiger partial charge on any atom is -0.298 e. The molecule has 0 amide bonds. The first kappa shape index (κ1) is 8.22. The van der Waals surface area contributed by atoms with Gasteiger partial charge in [0.05, 0.1) is 0 Å². The summed E-state index contributed by atoms with van der Waals surface area (Å²) in [4.78, 5) is 11.1. The molecule has 14 heavy (non-hydrogen) atoms. The van der Waals surface area contributed by atoms with E-state index in [1.807, 2.05) is 0 Å². The smallest absolute Gasteiger partial charge is 0.150 e. The molecule has 0 aromatic heterocycles. The van der Waals surface area contributed by atoms with E-state index in [-0.39, 0.29) is 0 Å². The number of carbonyl (C=O) groups excluding carboxylic acids is 1. The maximum atomic E-state index is 11.1. The Morgan fingerprint density at radius 3 is 2.00 bits per heavy atom. The number of hydrogen-bond acceptors (Lipinski definition) is 1. The van der Waals surface area contributed by atoms with Crippen molar-refractivity contribution in [3.8, 4) is 0 Å². The third-order valence-electron chi connectivity index (χ3n) is 3.64. The lowest BCUT2D eigenvalue weighted by molar-refractivity contribution is 0.112. The highest BCUT2D eigenvalue weighted by molar-refractivity contribution is 5.82. The summed E-state index contributed by atoms with van der Waals surface area (Å²) in [6.07, 6.45) is 8.17. The summed E-state index contributed by atoms with van der Waals surface area (Å²) in [6, 6.07) is 2.36. The first-order chi connectivity index (χ1) is 6.90. The molecule has 0 heterocycles. The topological polar surface area (TPSA) is 17.1 Å². The van der Waals surface area contributed by atoms with Crippen molar-refractivity contribution in [2.24, 2.45) is 0 Å². The van der Waals surface area contributed by atoms with Crippen LogP contribution in [0.15, 0.2) is 6.07 Å². The third-order valence-corrected chi connectivity index (χ3v) is 3.64. The standard InChI is InChI=1S/C13H14O/c14-8-13-11-5-1-3-9(11)7-10-4-2-6-12(10)13/h7-8H,1-6H2. The van der Waals surface area contributed by atoms with Gasteiger partial charge < -0.3 is 0 Å². The van der Waals surface area contributed by atoms with Crippen LogP contribution in [-0.4, -0.2) is 6.29 Å². The Kier molecular flexibility index (Phi) is 1.73. The second kappa shape index (κ2) is 2.94. The SMILES string of the molecule is O=Cc1c2c(cc3c1CCC3)CCC2. The fourth-order valence-electron chi connectivity index (χ4n) is 3.00. The summed E-state index contributed by atoms with van der Waals surface area (Å²) < 4.78 is 0. The number of fused-ring (bicyclic) bond motifs is 2. The van der Waals surface area contributed by atoms with Crippen molar-refractivity contribution in [2.75, 3.05) is 0 Å². The molecule has 0 saturated heterocycles. The van der Waals surface area contributed by atoms with E-state index in [2.05, 4.69) is 6.07 Å². The zero-order valence-electron chi connectivity index (χ0n) is 8.31. The Morgan fingerprint density at radius 1 is 0.929 bits per heavy atom. The molecule has 1 heteroatoms. The predicted octanol–water partition coefficient (Wildman–Crippen LogP) is 2.48. The Labute approximate surface area is 84.1 Å². The van der Waals surface area contributed by atoms with Gasteiger partial charge in [-0.15, -0.1) is 0 Å². The van der Waals surface area contributed by atoms with Crippen molar-refractivity contribution in [3.05, 3.63) is 33.9 Å². The number of benzene rings is 1. The minimum atomic E-state index is 1.05. The van der Waals surface area contributed by atoms with Crippen molar-refractivity contribution in [1.29, 1.82) is 0 Å². The van der Waals surface area contributed by atoms with Gasteiger partial charge in [-0.3, -0.25) is 4.79 Å². The van der Waals surface area contributed by atoms with E-state index in [0.29, 0.717) is 0 Å². The Hall–Kier alpha value is -1.11. The van der Waals surface area contributed by atoms with Crippen molar-refractivity contribution in [3.63, 3.8) is 0 Å². The van der Waals surface area contributed by atoms with Crippen molar-refractivity contribution in [1.82, 2.24) is 0 Å². The van der Waals surface area contributed by atoms with Gasteiger partial charge in [-0.05, 0) is 60.8 Å². The van der Waals surface area contributed by atoms with Gasteiger partial charge in [0.2, 0.25) is 0 Å². The van der Waals surface area contributed by atoms with Gasteiger partial charge in [-0.25, -0.2) is 0 Å². The van der Waals surface area contributed by atoms with Crippen LogP contribution >= 0.6 is 0 Å². The van der Waals surface area contributed by atoms with Crippen LogP contribution in [0.4, 0.5) is 0 Å². The van der Waals surface area contributed by atoms with E-state index >= 15 is 0 Å². The molecule has 72 valence electrons. The molecule has 0 aliphatic heterocycles. The van der Waals surface area contributed by atoms with E-state index in [9.17, 15) is 4.79 Å². The van der Waals surface area contributed by atoms with Gasteiger partial charge in [0.1, 0.15) is 0 Å².